The summed E-state index contributed by atoms with van der Waals surface area (Å²) >= 11 is 0. The number of carbonyl (C=O) groups excluding carboxylic acids is 1. The van der Waals surface area contributed by atoms with Crippen LogP contribution in [-0.2, 0) is 11.3 Å². The standard InChI is InChI=1S/C27H27N5O/c1-19-23(22-14-8-9-15-26(22)32(19)18-20-10-4-2-5-11-20)17-28-31-27(33)25-16-24(29-30-25)21-12-6-3-7-13-21/h2-15,17,24-25,29-30H,16,18H2,1H3,(H,31,33)/b28-17+. The van der Waals surface area contributed by atoms with Gasteiger partial charge in [-0.2, -0.15) is 5.10 Å². The highest BCUT2D eigenvalue weighted by molar-refractivity contribution is 6.01. The second-order valence-electron chi connectivity index (χ2n) is 8.36. The summed E-state index contributed by atoms with van der Waals surface area (Å²) < 4.78 is 2.29. The first-order chi connectivity index (χ1) is 16.2. The quantitative estimate of drug-likeness (QED) is 0.315. The molecule has 5 rings (SSSR count). The van der Waals surface area contributed by atoms with E-state index in [1.165, 1.54) is 5.56 Å². The van der Waals surface area contributed by atoms with Crippen LogP contribution in [0.15, 0.2) is 90.0 Å². The fraction of sp³-hybridized carbons (Fsp3) is 0.185. The molecule has 33 heavy (non-hydrogen) atoms. The molecule has 2 unspecified atom stereocenters. The Kier molecular flexibility index (Phi) is 6.02. The van der Waals surface area contributed by atoms with E-state index in [-0.39, 0.29) is 18.0 Å². The predicted molar refractivity (Wildman–Crippen MR) is 132 cm³/mol. The molecule has 1 aliphatic rings. The second kappa shape index (κ2) is 9.40. The Balaban J connectivity index is 1.31. The van der Waals surface area contributed by atoms with Crippen LogP contribution in [0.25, 0.3) is 10.9 Å². The van der Waals surface area contributed by atoms with Crippen LogP contribution in [0.2, 0.25) is 0 Å². The maximum Gasteiger partial charge on any atom is 0.258 e. The van der Waals surface area contributed by atoms with Crippen LogP contribution in [0.4, 0.5) is 0 Å². The number of nitrogens with zero attached hydrogens (tertiary/aromatic N) is 2. The van der Waals surface area contributed by atoms with Crippen molar-refractivity contribution < 1.29 is 4.79 Å². The Morgan fingerprint density at radius 1 is 1.00 bits per heavy atom. The summed E-state index contributed by atoms with van der Waals surface area (Å²) in [4.78, 5) is 12.7. The first kappa shape index (κ1) is 21.1. The fourth-order valence-electron chi connectivity index (χ4n) is 4.46. The third kappa shape index (κ3) is 4.44. The number of amides is 1. The molecule has 1 amide bonds. The van der Waals surface area contributed by atoms with Crippen LogP contribution < -0.4 is 16.3 Å². The fourth-order valence-corrected chi connectivity index (χ4v) is 4.46. The van der Waals surface area contributed by atoms with Crippen molar-refractivity contribution in [2.45, 2.75) is 32.0 Å². The maximum absolute atomic E-state index is 12.7. The summed E-state index contributed by atoms with van der Waals surface area (Å²) in [6, 6.07) is 28.6. The molecule has 1 aromatic heterocycles. The van der Waals surface area contributed by atoms with Crippen LogP contribution in [-0.4, -0.2) is 22.7 Å². The van der Waals surface area contributed by atoms with Crippen molar-refractivity contribution in [3.8, 4) is 0 Å². The summed E-state index contributed by atoms with van der Waals surface area (Å²) in [6.07, 6.45) is 2.43. The van der Waals surface area contributed by atoms with Gasteiger partial charge < -0.3 is 4.57 Å². The topological polar surface area (TPSA) is 70.4 Å². The van der Waals surface area contributed by atoms with Gasteiger partial charge in [0.05, 0.1) is 6.21 Å². The third-order valence-corrected chi connectivity index (χ3v) is 6.25. The lowest BCUT2D eigenvalue weighted by Gasteiger charge is -2.09. The van der Waals surface area contributed by atoms with E-state index in [2.05, 4.69) is 81.4 Å². The van der Waals surface area contributed by atoms with Gasteiger partial charge >= 0.3 is 0 Å². The first-order valence-electron chi connectivity index (χ1n) is 11.2. The molecule has 0 bridgehead atoms. The van der Waals surface area contributed by atoms with Crippen molar-refractivity contribution in [3.63, 3.8) is 0 Å². The Hall–Kier alpha value is -3.74. The van der Waals surface area contributed by atoms with Gasteiger partial charge in [-0.15, -0.1) is 0 Å². The number of rotatable bonds is 6. The van der Waals surface area contributed by atoms with Gasteiger partial charge in [0.25, 0.3) is 5.91 Å². The number of hydrogen-bond donors (Lipinski definition) is 3. The molecule has 6 nitrogen and oxygen atoms in total. The average Bonchev–Trinajstić information content (AvgIpc) is 3.45. The number of para-hydroxylation sites is 1. The number of fused-ring (bicyclic) bond motifs is 1. The molecule has 3 N–H and O–H groups in total. The molecular formula is C27H27N5O. The minimum Gasteiger partial charge on any atom is -0.340 e. The number of aromatic nitrogens is 1. The number of carbonyl (C=O) groups is 1. The van der Waals surface area contributed by atoms with Crippen molar-refractivity contribution in [2.24, 2.45) is 5.10 Å². The van der Waals surface area contributed by atoms with Crippen LogP contribution in [0.1, 0.15) is 34.8 Å². The van der Waals surface area contributed by atoms with Gasteiger partial charge in [0, 0.05) is 34.7 Å². The molecule has 6 heteroatoms. The van der Waals surface area contributed by atoms with Crippen molar-refractivity contribution in [3.05, 3.63) is 107 Å². The number of hydrazone groups is 1. The van der Waals surface area contributed by atoms with Gasteiger partial charge in [-0.3, -0.25) is 4.79 Å². The predicted octanol–water partition coefficient (Wildman–Crippen LogP) is 4.06. The Morgan fingerprint density at radius 2 is 1.70 bits per heavy atom. The van der Waals surface area contributed by atoms with Crippen molar-refractivity contribution in [1.29, 1.82) is 0 Å². The van der Waals surface area contributed by atoms with E-state index < -0.39 is 0 Å². The van der Waals surface area contributed by atoms with Crippen molar-refractivity contribution in [2.75, 3.05) is 0 Å². The summed E-state index contributed by atoms with van der Waals surface area (Å²) in [7, 11) is 0. The second-order valence-corrected chi connectivity index (χ2v) is 8.36. The normalized spacial score (nSPS) is 18.2. The number of hydrogen-bond acceptors (Lipinski definition) is 4. The van der Waals surface area contributed by atoms with Gasteiger partial charge in [0.2, 0.25) is 0 Å². The van der Waals surface area contributed by atoms with Crippen LogP contribution >= 0.6 is 0 Å². The molecule has 4 aromatic rings. The van der Waals surface area contributed by atoms with E-state index in [0.29, 0.717) is 6.42 Å². The average molecular weight is 438 g/mol. The lowest BCUT2D eigenvalue weighted by molar-refractivity contribution is -0.122. The van der Waals surface area contributed by atoms with Gasteiger partial charge in [0.15, 0.2) is 0 Å². The first-order valence-corrected chi connectivity index (χ1v) is 11.2. The van der Waals surface area contributed by atoms with Gasteiger partial charge in [-0.25, -0.2) is 16.3 Å². The molecule has 0 saturated carbocycles. The van der Waals surface area contributed by atoms with E-state index in [4.69, 9.17) is 0 Å². The third-order valence-electron chi connectivity index (χ3n) is 6.25. The highest BCUT2D eigenvalue weighted by Crippen LogP contribution is 2.26. The SMILES string of the molecule is Cc1c(/C=N/NC(=O)C2CC(c3ccccc3)NN2)c2ccccc2n1Cc1ccccc1. The number of nitrogens with one attached hydrogen (secondary N) is 3. The van der Waals surface area contributed by atoms with Gasteiger partial charge in [-0.05, 0) is 30.5 Å². The Morgan fingerprint density at radius 3 is 2.48 bits per heavy atom. The van der Waals surface area contributed by atoms with Crippen molar-refractivity contribution >= 4 is 23.0 Å². The number of benzene rings is 3. The summed E-state index contributed by atoms with van der Waals surface area (Å²) in [6.45, 7) is 2.88. The maximum atomic E-state index is 12.7. The molecule has 2 atom stereocenters. The zero-order valence-electron chi connectivity index (χ0n) is 18.5. The molecule has 3 aromatic carbocycles. The molecular weight excluding hydrogens is 410 g/mol. The summed E-state index contributed by atoms with van der Waals surface area (Å²) in [5.41, 5.74) is 14.7. The molecule has 2 heterocycles. The minimum atomic E-state index is -0.340. The van der Waals surface area contributed by atoms with E-state index in [9.17, 15) is 4.79 Å². The number of hydrazine groups is 1. The van der Waals surface area contributed by atoms with Crippen LogP contribution in [0.3, 0.4) is 0 Å². The highest BCUT2D eigenvalue weighted by Gasteiger charge is 2.29. The van der Waals surface area contributed by atoms with E-state index in [0.717, 1.165) is 34.3 Å². The monoisotopic (exact) mass is 437 g/mol. The summed E-state index contributed by atoms with van der Waals surface area (Å²) in [5.74, 6) is -0.150. The zero-order chi connectivity index (χ0) is 22.6. The Bertz CT molecular complexity index is 1280. The molecule has 1 saturated heterocycles. The molecule has 0 radical (unpaired) electrons. The van der Waals surface area contributed by atoms with Crippen LogP contribution in [0, 0.1) is 6.92 Å². The van der Waals surface area contributed by atoms with E-state index in [1.807, 2.05) is 36.4 Å². The van der Waals surface area contributed by atoms with Crippen LogP contribution in [0.5, 0.6) is 0 Å². The lowest BCUT2D eigenvalue weighted by Crippen LogP contribution is -2.41. The molecule has 1 fully saturated rings. The molecule has 0 aliphatic carbocycles. The van der Waals surface area contributed by atoms with E-state index >= 15 is 0 Å². The molecule has 0 spiro atoms. The molecule has 166 valence electrons. The van der Waals surface area contributed by atoms with Gasteiger partial charge in [0.1, 0.15) is 6.04 Å². The smallest absolute Gasteiger partial charge is 0.258 e. The van der Waals surface area contributed by atoms with Gasteiger partial charge in [-0.1, -0.05) is 78.9 Å². The largest absolute Gasteiger partial charge is 0.340 e. The minimum absolute atomic E-state index is 0.101. The summed E-state index contributed by atoms with van der Waals surface area (Å²) in [5, 5.41) is 5.43. The molecule has 1 aliphatic heterocycles. The Labute approximate surface area is 193 Å². The lowest BCUT2D eigenvalue weighted by atomic mass is 10.0. The zero-order valence-corrected chi connectivity index (χ0v) is 18.5. The van der Waals surface area contributed by atoms with Crippen molar-refractivity contribution in [1.82, 2.24) is 20.8 Å². The highest BCUT2D eigenvalue weighted by atomic mass is 16.2. The van der Waals surface area contributed by atoms with E-state index in [1.54, 1.807) is 6.21 Å².